The van der Waals surface area contributed by atoms with E-state index in [1.54, 1.807) is 0 Å². The Balaban J connectivity index is 1.51. The summed E-state index contributed by atoms with van der Waals surface area (Å²) in [5, 5.41) is 0. The molecule has 4 aliphatic rings. The van der Waals surface area contributed by atoms with Gasteiger partial charge in [0, 0.05) is 12.1 Å². The van der Waals surface area contributed by atoms with Gasteiger partial charge in [0.15, 0.2) is 0 Å². The molecule has 2 N–H and O–H groups in total. The molecule has 0 aromatic carbocycles. The van der Waals surface area contributed by atoms with Gasteiger partial charge in [0.2, 0.25) is 0 Å². The largest absolute Gasteiger partial charge is 0.254 e. The molecule has 0 amide bonds. The van der Waals surface area contributed by atoms with Gasteiger partial charge in [-0.1, -0.05) is 13.8 Å². The van der Waals surface area contributed by atoms with Crippen molar-refractivity contribution >= 4 is 0 Å². The van der Waals surface area contributed by atoms with Crippen molar-refractivity contribution in [3.05, 3.63) is 0 Å². The zero-order valence-corrected chi connectivity index (χ0v) is 11.2. The highest BCUT2D eigenvalue weighted by atomic mass is 15.4. The second-order valence-electron chi connectivity index (χ2n) is 7.70. The fourth-order valence-corrected chi connectivity index (χ4v) is 5.10. The Bertz CT molecular complexity index is 321. The van der Waals surface area contributed by atoms with Gasteiger partial charge in [0.25, 0.3) is 0 Å². The van der Waals surface area contributed by atoms with Crippen molar-refractivity contribution in [3.8, 4) is 0 Å². The maximum atomic E-state index is 3.70. The summed E-state index contributed by atoms with van der Waals surface area (Å²) in [6, 6.07) is 1.51. The number of fused-ring (bicyclic) bond motifs is 5. The van der Waals surface area contributed by atoms with Crippen LogP contribution in [0, 0.1) is 29.1 Å². The molecular formula is C15H26N2. The first-order valence-corrected chi connectivity index (χ1v) is 7.67. The Morgan fingerprint density at radius 1 is 0.882 bits per heavy atom. The summed E-state index contributed by atoms with van der Waals surface area (Å²) in [5.41, 5.74) is 7.89. The first kappa shape index (κ1) is 10.8. The van der Waals surface area contributed by atoms with Crippen LogP contribution >= 0.6 is 0 Å². The van der Waals surface area contributed by atoms with Gasteiger partial charge in [-0.05, 0) is 67.6 Å². The minimum Gasteiger partial charge on any atom is -0.254 e. The molecule has 17 heavy (non-hydrogen) atoms. The van der Waals surface area contributed by atoms with Crippen LogP contribution in [0.5, 0.6) is 0 Å². The van der Waals surface area contributed by atoms with E-state index >= 15 is 0 Å². The van der Waals surface area contributed by atoms with E-state index < -0.39 is 0 Å². The van der Waals surface area contributed by atoms with Gasteiger partial charge in [-0.25, -0.2) is 0 Å². The molecule has 0 aromatic heterocycles. The Kier molecular flexibility index (Phi) is 2.21. The van der Waals surface area contributed by atoms with Crippen LogP contribution in [0.3, 0.4) is 0 Å². The number of nitrogens with one attached hydrogen (secondary N) is 2. The lowest BCUT2D eigenvalue weighted by Gasteiger charge is -2.46. The van der Waals surface area contributed by atoms with E-state index in [1.165, 1.54) is 38.5 Å². The van der Waals surface area contributed by atoms with Gasteiger partial charge in [0.05, 0.1) is 0 Å². The van der Waals surface area contributed by atoms with E-state index in [4.69, 9.17) is 0 Å². The number of hydrazine groups is 1. The van der Waals surface area contributed by atoms with Crippen LogP contribution < -0.4 is 10.9 Å². The average molecular weight is 234 g/mol. The van der Waals surface area contributed by atoms with Crippen molar-refractivity contribution in [1.82, 2.24) is 10.9 Å². The van der Waals surface area contributed by atoms with Crippen molar-refractivity contribution in [2.24, 2.45) is 29.1 Å². The topological polar surface area (TPSA) is 24.1 Å². The first-order valence-electron chi connectivity index (χ1n) is 7.67. The lowest BCUT2D eigenvalue weighted by molar-refractivity contribution is 0.0693. The van der Waals surface area contributed by atoms with Gasteiger partial charge >= 0.3 is 0 Å². The van der Waals surface area contributed by atoms with Gasteiger partial charge in [-0.3, -0.25) is 10.9 Å². The van der Waals surface area contributed by atoms with E-state index in [0.29, 0.717) is 11.5 Å². The van der Waals surface area contributed by atoms with Crippen molar-refractivity contribution in [2.45, 2.75) is 64.5 Å². The molecule has 4 rings (SSSR count). The highest BCUT2D eigenvalue weighted by molar-refractivity contribution is 5.06. The molecule has 3 aliphatic carbocycles. The molecule has 2 nitrogen and oxygen atoms in total. The molecule has 0 aromatic rings. The molecule has 5 unspecified atom stereocenters. The molecule has 2 heteroatoms. The number of rotatable bonds is 2. The average Bonchev–Trinajstić information content (AvgIpc) is 3.01. The third-order valence-corrected chi connectivity index (χ3v) is 6.55. The van der Waals surface area contributed by atoms with Crippen molar-refractivity contribution in [1.29, 1.82) is 0 Å². The quantitative estimate of drug-likeness (QED) is 0.767. The van der Waals surface area contributed by atoms with E-state index in [0.717, 1.165) is 29.7 Å². The summed E-state index contributed by atoms with van der Waals surface area (Å²) in [6.07, 6.45) is 8.88. The zero-order chi connectivity index (χ0) is 11.6. The Morgan fingerprint density at radius 3 is 2.41 bits per heavy atom. The Labute approximate surface area is 105 Å². The Morgan fingerprint density at radius 2 is 1.65 bits per heavy atom. The molecule has 1 aliphatic heterocycles. The van der Waals surface area contributed by atoms with Crippen LogP contribution in [0.1, 0.15) is 52.4 Å². The summed E-state index contributed by atoms with van der Waals surface area (Å²) < 4.78 is 0. The predicted octanol–water partition coefficient (Wildman–Crippen LogP) is 2.70. The van der Waals surface area contributed by atoms with E-state index in [2.05, 4.69) is 24.7 Å². The molecule has 2 bridgehead atoms. The molecule has 1 heterocycles. The van der Waals surface area contributed by atoms with Gasteiger partial charge < -0.3 is 0 Å². The molecule has 3 saturated carbocycles. The maximum Gasteiger partial charge on any atom is 0.0272 e. The molecule has 0 radical (unpaired) electrons. The maximum absolute atomic E-state index is 3.70. The summed E-state index contributed by atoms with van der Waals surface area (Å²) in [4.78, 5) is 0. The molecule has 0 spiro atoms. The smallest absolute Gasteiger partial charge is 0.0272 e. The minimum atomic E-state index is 0.500. The molecule has 5 atom stereocenters. The molecule has 1 saturated heterocycles. The fraction of sp³-hybridized carbons (Fsp3) is 1.00. The van der Waals surface area contributed by atoms with Crippen LogP contribution in [-0.4, -0.2) is 12.1 Å². The first-order chi connectivity index (χ1) is 8.16. The lowest BCUT2D eigenvalue weighted by atomic mass is 9.71. The third kappa shape index (κ3) is 1.53. The second-order valence-corrected chi connectivity index (χ2v) is 7.70. The highest BCUT2D eigenvalue weighted by Gasteiger charge is 2.53. The van der Waals surface area contributed by atoms with E-state index in [1.807, 2.05) is 0 Å². The molecular weight excluding hydrogens is 208 g/mol. The SMILES string of the molecule is CC(C)(C1CC1)C1CC2C3CCC(C3)C2NN1. The third-order valence-electron chi connectivity index (χ3n) is 6.55. The summed E-state index contributed by atoms with van der Waals surface area (Å²) >= 11 is 0. The van der Waals surface area contributed by atoms with E-state index in [9.17, 15) is 0 Å². The number of hydrogen-bond donors (Lipinski definition) is 2. The standard InChI is InChI=1S/C15H26N2/c1-15(2,11-5-6-11)13-8-12-9-3-4-10(7-9)14(12)17-16-13/h9-14,16-17H,3-8H2,1-2H3. The van der Waals surface area contributed by atoms with Crippen LogP contribution in [0.25, 0.3) is 0 Å². The van der Waals surface area contributed by atoms with Gasteiger partial charge in [0.1, 0.15) is 0 Å². The summed E-state index contributed by atoms with van der Waals surface area (Å²) in [7, 11) is 0. The fourth-order valence-electron chi connectivity index (χ4n) is 5.10. The summed E-state index contributed by atoms with van der Waals surface area (Å²) in [6.45, 7) is 4.97. The minimum absolute atomic E-state index is 0.500. The lowest BCUT2D eigenvalue weighted by Crippen LogP contribution is -2.61. The van der Waals surface area contributed by atoms with Crippen molar-refractivity contribution in [3.63, 3.8) is 0 Å². The van der Waals surface area contributed by atoms with Crippen LogP contribution in [0.4, 0.5) is 0 Å². The van der Waals surface area contributed by atoms with Crippen LogP contribution in [0.15, 0.2) is 0 Å². The zero-order valence-electron chi connectivity index (χ0n) is 11.2. The molecule has 4 fully saturated rings. The predicted molar refractivity (Wildman–Crippen MR) is 69.3 cm³/mol. The number of hydrogen-bond acceptors (Lipinski definition) is 2. The van der Waals surface area contributed by atoms with Crippen molar-refractivity contribution in [2.75, 3.05) is 0 Å². The summed E-state index contributed by atoms with van der Waals surface area (Å²) in [5.74, 6) is 4.01. The normalized spacial score (nSPS) is 49.4. The second kappa shape index (κ2) is 3.48. The van der Waals surface area contributed by atoms with Gasteiger partial charge in [-0.2, -0.15) is 0 Å². The van der Waals surface area contributed by atoms with Crippen molar-refractivity contribution < 1.29 is 0 Å². The molecule has 96 valence electrons. The van der Waals surface area contributed by atoms with E-state index in [-0.39, 0.29) is 0 Å². The van der Waals surface area contributed by atoms with Gasteiger partial charge in [-0.15, -0.1) is 0 Å². The highest BCUT2D eigenvalue weighted by Crippen LogP contribution is 2.54. The van der Waals surface area contributed by atoms with Crippen LogP contribution in [-0.2, 0) is 0 Å². The monoisotopic (exact) mass is 234 g/mol. The Hall–Kier alpha value is -0.0800. The van der Waals surface area contributed by atoms with Crippen LogP contribution in [0.2, 0.25) is 0 Å².